The fourth-order valence-electron chi connectivity index (χ4n) is 1.46. The third-order valence-corrected chi connectivity index (χ3v) is 2.69. The third kappa shape index (κ3) is 2.26. The summed E-state index contributed by atoms with van der Waals surface area (Å²) in [5.74, 6) is -0.369. The molecule has 2 rings (SSSR count). The van der Waals surface area contributed by atoms with Crippen LogP contribution in [0.5, 0.6) is 0 Å². The van der Waals surface area contributed by atoms with Crippen molar-refractivity contribution in [3.63, 3.8) is 0 Å². The monoisotopic (exact) mass is 273 g/mol. The van der Waals surface area contributed by atoms with Crippen LogP contribution in [0.3, 0.4) is 0 Å². The summed E-state index contributed by atoms with van der Waals surface area (Å²) in [7, 11) is 0. The van der Waals surface area contributed by atoms with Gasteiger partial charge in [-0.3, -0.25) is 0 Å². The molecule has 0 amide bonds. The highest BCUT2D eigenvalue weighted by Gasteiger charge is 2.14. The van der Waals surface area contributed by atoms with E-state index in [1.165, 1.54) is 0 Å². The van der Waals surface area contributed by atoms with Crippen LogP contribution in [0, 0.1) is 11.3 Å². The van der Waals surface area contributed by atoms with E-state index in [9.17, 15) is 5.26 Å². The average molecular weight is 274 g/mol. The highest BCUT2D eigenvalue weighted by atomic mass is 79.9. The van der Waals surface area contributed by atoms with Crippen molar-refractivity contribution in [2.75, 3.05) is 0 Å². The van der Waals surface area contributed by atoms with Crippen LogP contribution >= 0.6 is 15.9 Å². The molecule has 78 valence electrons. The highest BCUT2D eigenvalue weighted by molar-refractivity contribution is 9.10. The van der Waals surface area contributed by atoms with Crippen molar-refractivity contribution >= 4 is 15.9 Å². The van der Waals surface area contributed by atoms with Crippen molar-refractivity contribution in [2.45, 2.75) is 5.92 Å². The Hall–Kier alpha value is -1.73. The molecule has 0 spiro atoms. The minimum atomic E-state index is -0.369. The van der Waals surface area contributed by atoms with Crippen molar-refractivity contribution in [2.24, 2.45) is 0 Å². The van der Waals surface area contributed by atoms with Gasteiger partial charge in [0, 0.05) is 10.7 Å². The second-order valence-corrected chi connectivity index (χ2v) is 4.18. The lowest BCUT2D eigenvalue weighted by Crippen LogP contribution is -2.01. The second-order valence-electron chi connectivity index (χ2n) is 3.27. The predicted octanol–water partition coefficient (Wildman–Crippen LogP) is 2.89. The molecule has 0 aliphatic heterocycles. The van der Waals surface area contributed by atoms with Crippen molar-refractivity contribution in [1.82, 2.24) is 10.2 Å². The van der Waals surface area contributed by atoms with Gasteiger partial charge in [-0.2, -0.15) is 15.5 Å². The Morgan fingerprint density at radius 1 is 1.25 bits per heavy atom. The maximum Gasteiger partial charge on any atom is 0.115 e. The molecule has 0 radical (unpaired) electrons. The normalized spacial score (nSPS) is 11.8. The van der Waals surface area contributed by atoms with Crippen LogP contribution in [0.15, 0.2) is 47.1 Å². The molecule has 0 saturated heterocycles. The van der Waals surface area contributed by atoms with Crippen LogP contribution in [-0.4, -0.2) is 10.2 Å². The van der Waals surface area contributed by atoms with E-state index >= 15 is 0 Å². The summed E-state index contributed by atoms with van der Waals surface area (Å²) >= 11 is 3.39. The molecule has 4 heteroatoms. The van der Waals surface area contributed by atoms with E-state index in [1.807, 2.05) is 30.3 Å². The summed E-state index contributed by atoms with van der Waals surface area (Å²) < 4.78 is 0.953. The molecule has 0 N–H and O–H groups in total. The summed E-state index contributed by atoms with van der Waals surface area (Å²) in [5, 5.41) is 16.9. The molecule has 3 nitrogen and oxygen atoms in total. The molecular formula is C12H8BrN3. The minimum Gasteiger partial charge on any atom is -0.197 e. The van der Waals surface area contributed by atoms with Gasteiger partial charge in [-0.1, -0.05) is 28.1 Å². The summed E-state index contributed by atoms with van der Waals surface area (Å²) in [6.07, 6.45) is 1.60. The SMILES string of the molecule is N#CC(c1cccc(Br)c1)c1cccnn1. The van der Waals surface area contributed by atoms with Crippen LogP contribution in [0.1, 0.15) is 17.2 Å². The van der Waals surface area contributed by atoms with Gasteiger partial charge in [0.1, 0.15) is 5.92 Å². The number of nitriles is 1. The lowest BCUT2D eigenvalue weighted by atomic mass is 9.97. The fourth-order valence-corrected chi connectivity index (χ4v) is 1.88. The Morgan fingerprint density at radius 3 is 2.75 bits per heavy atom. The Bertz CT molecular complexity index is 519. The van der Waals surface area contributed by atoms with Gasteiger partial charge < -0.3 is 0 Å². The van der Waals surface area contributed by atoms with Gasteiger partial charge >= 0.3 is 0 Å². The first-order chi connectivity index (χ1) is 7.81. The van der Waals surface area contributed by atoms with E-state index in [4.69, 9.17) is 0 Å². The summed E-state index contributed by atoms with van der Waals surface area (Å²) in [6, 6.07) is 13.5. The number of rotatable bonds is 2. The first kappa shape index (κ1) is 10.8. The maximum atomic E-state index is 9.19. The van der Waals surface area contributed by atoms with Crippen molar-refractivity contribution < 1.29 is 0 Å². The van der Waals surface area contributed by atoms with Crippen molar-refractivity contribution in [1.29, 1.82) is 5.26 Å². The predicted molar refractivity (Wildman–Crippen MR) is 63.6 cm³/mol. The zero-order valence-corrected chi connectivity index (χ0v) is 9.92. The first-order valence-electron chi connectivity index (χ1n) is 4.74. The van der Waals surface area contributed by atoms with Crippen LogP contribution in [0.4, 0.5) is 0 Å². The molecule has 0 saturated carbocycles. The molecule has 0 bridgehead atoms. The van der Waals surface area contributed by atoms with Crippen LogP contribution < -0.4 is 0 Å². The Morgan fingerprint density at radius 2 is 2.12 bits per heavy atom. The molecule has 1 aromatic heterocycles. The number of hydrogen-bond acceptors (Lipinski definition) is 3. The van der Waals surface area contributed by atoms with Crippen LogP contribution in [0.2, 0.25) is 0 Å². The van der Waals surface area contributed by atoms with Crippen molar-refractivity contribution in [3.8, 4) is 6.07 Å². The Balaban J connectivity index is 2.42. The molecular weight excluding hydrogens is 266 g/mol. The zero-order chi connectivity index (χ0) is 11.4. The van der Waals surface area contributed by atoms with Crippen LogP contribution in [-0.2, 0) is 0 Å². The second kappa shape index (κ2) is 4.86. The molecule has 1 unspecified atom stereocenters. The van der Waals surface area contributed by atoms with E-state index in [0.29, 0.717) is 5.69 Å². The summed E-state index contributed by atoms with van der Waals surface area (Å²) in [6.45, 7) is 0. The van der Waals surface area contributed by atoms with E-state index in [0.717, 1.165) is 10.0 Å². The van der Waals surface area contributed by atoms with Crippen molar-refractivity contribution in [3.05, 3.63) is 58.3 Å². The Labute approximate surface area is 102 Å². The standard InChI is InChI=1S/C12H8BrN3/c13-10-4-1-3-9(7-10)11(8-14)12-5-2-6-15-16-12/h1-7,11H. The van der Waals surface area contributed by atoms with E-state index in [2.05, 4.69) is 32.2 Å². The van der Waals surface area contributed by atoms with E-state index < -0.39 is 0 Å². The largest absolute Gasteiger partial charge is 0.197 e. The molecule has 1 atom stereocenters. The number of aromatic nitrogens is 2. The topological polar surface area (TPSA) is 49.6 Å². The Kier molecular flexibility index (Phi) is 3.28. The summed E-state index contributed by atoms with van der Waals surface area (Å²) in [4.78, 5) is 0. The van der Waals surface area contributed by atoms with Crippen LogP contribution in [0.25, 0.3) is 0 Å². The maximum absolute atomic E-state index is 9.19. The van der Waals surface area contributed by atoms with Gasteiger partial charge in [0.05, 0.1) is 11.8 Å². The third-order valence-electron chi connectivity index (χ3n) is 2.20. The molecule has 1 aromatic carbocycles. The lowest BCUT2D eigenvalue weighted by molar-refractivity contribution is 0.884. The number of benzene rings is 1. The zero-order valence-electron chi connectivity index (χ0n) is 8.34. The van der Waals surface area contributed by atoms with E-state index in [1.54, 1.807) is 12.3 Å². The molecule has 1 heterocycles. The number of hydrogen-bond donors (Lipinski definition) is 0. The number of halogens is 1. The molecule has 0 aliphatic rings. The lowest BCUT2D eigenvalue weighted by Gasteiger charge is -2.07. The first-order valence-corrected chi connectivity index (χ1v) is 5.53. The highest BCUT2D eigenvalue weighted by Crippen LogP contribution is 2.24. The fraction of sp³-hybridized carbons (Fsp3) is 0.0833. The number of nitrogens with zero attached hydrogens (tertiary/aromatic N) is 3. The average Bonchev–Trinajstić information content (AvgIpc) is 2.31. The molecule has 16 heavy (non-hydrogen) atoms. The van der Waals surface area contributed by atoms with Gasteiger partial charge in [-0.25, -0.2) is 0 Å². The van der Waals surface area contributed by atoms with Gasteiger partial charge in [-0.05, 0) is 29.8 Å². The molecule has 2 aromatic rings. The van der Waals surface area contributed by atoms with Gasteiger partial charge in [0.25, 0.3) is 0 Å². The smallest absolute Gasteiger partial charge is 0.115 e. The van der Waals surface area contributed by atoms with Gasteiger partial charge in [0.2, 0.25) is 0 Å². The van der Waals surface area contributed by atoms with E-state index in [-0.39, 0.29) is 5.92 Å². The minimum absolute atomic E-state index is 0.369. The molecule has 0 aliphatic carbocycles. The van der Waals surface area contributed by atoms with Gasteiger partial charge in [-0.15, -0.1) is 0 Å². The summed E-state index contributed by atoms with van der Waals surface area (Å²) in [5.41, 5.74) is 1.58. The quantitative estimate of drug-likeness (QED) is 0.846. The van der Waals surface area contributed by atoms with Gasteiger partial charge in [0.15, 0.2) is 0 Å². The molecule has 0 fully saturated rings.